The Kier molecular flexibility index (Phi) is 4.50. The number of carbonyl (C=O) groups excluding carboxylic acids is 3. The van der Waals surface area contributed by atoms with Gasteiger partial charge in [0, 0.05) is 12.2 Å². The van der Waals surface area contributed by atoms with Gasteiger partial charge in [0.15, 0.2) is 6.61 Å². The van der Waals surface area contributed by atoms with Crippen molar-refractivity contribution in [3.63, 3.8) is 0 Å². The van der Waals surface area contributed by atoms with Gasteiger partial charge in [0.2, 0.25) is 5.91 Å². The van der Waals surface area contributed by atoms with E-state index < -0.39 is 6.04 Å². The Balaban J connectivity index is 1.48. The molecule has 2 aromatic rings. The number of nitrogens with zero attached hydrogens (tertiary/aromatic N) is 1. The Hall–Kier alpha value is -3.35. The molecular formula is C20H19N3O4. The van der Waals surface area contributed by atoms with Crippen molar-refractivity contribution in [1.29, 1.82) is 0 Å². The smallest absolute Gasteiger partial charge is 0.262 e. The van der Waals surface area contributed by atoms with Crippen LogP contribution in [0.3, 0.4) is 0 Å². The maximum atomic E-state index is 12.8. The van der Waals surface area contributed by atoms with Gasteiger partial charge in [0.05, 0.1) is 11.3 Å². The third-order valence-electron chi connectivity index (χ3n) is 4.72. The zero-order valence-electron chi connectivity index (χ0n) is 14.6. The molecule has 1 atom stereocenters. The Labute approximate surface area is 156 Å². The van der Waals surface area contributed by atoms with Crippen molar-refractivity contribution in [2.75, 3.05) is 23.8 Å². The summed E-state index contributed by atoms with van der Waals surface area (Å²) in [5, 5.41) is 5.54. The molecule has 2 heterocycles. The molecule has 1 saturated heterocycles. The summed E-state index contributed by atoms with van der Waals surface area (Å²) in [6.45, 7) is 0.428. The van der Waals surface area contributed by atoms with Crippen molar-refractivity contribution in [3.05, 3.63) is 54.1 Å². The van der Waals surface area contributed by atoms with Crippen LogP contribution in [0, 0.1) is 0 Å². The molecule has 2 N–H and O–H groups in total. The van der Waals surface area contributed by atoms with E-state index in [1.54, 1.807) is 35.2 Å². The van der Waals surface area contributed by atoms with Crippen molar-refractivity contribution in [2.45, 2.75) is 18.9 Å². The number of benzene rings is 2. The van der Waals surface area contributed by atoms with E-state index in [-0.39, 0.29) is 24.3 Å². The van der Waals surface area contributed by atoms with Crippen LogP contribution < -0.4 is 15.4 Å². The van der Waals surface area contributed by atoms with Gasteiger partial charge in [-0.1, -0.05) is 18.2 Å². The summed E-state index contributed by atoms with van der Waals surface area (Å²) in [4.78, 5) is 38.8. The van der Waals surface area contributed by atoms with E-state index >= 15 is 0 Å². The lowest BCUT2D eigenvalue weighted by atomic mass is 10.1. The van der Waals surface area contributed by atoms with Crippen LogP contribution in [0.25, 0.3) is 0 Å². The molecule has 0 aromatic heterocycles. The zero-order valence-corrected chi connectivity index (χ0v) is 14.6. The first-order valence-electron chi connectivity index (χ1n) is 8.85. The largest absolute Gasteiger partial charge is 0.484 e. The third-order valence-corrected chi connectivity index (χ3v) is 4.72. The summed E-state index contributed by atoms with van der Waals surface area (Å²) in [5.74, 6) is -0.0781. The highest BCUT2D eigenvalue weighted by Gasteiger charge is 2.38. The van der Waals surface area contributed by atoms with Gasteiger partial charge in [0.1, 0.15) is 11.8 Å². The van der Waals surface area contributed by atoms with Crippen LogP contribution in [0.15, 0.2) is 48.5 Å². The standard InChI is InChI=1S/C20H19N3O4/c24-18(12-27-14-5-2-1-3-6-14)21-13-8-9-16-15(11-13)20(26)23-10-4-7-17(23)19(25)22-16/h1-3,5-6,8-9,11,17H,4,7,10,12H2,(H,21,24)(H,22,25)/t17-/m1/s1. The molecular weight excluding hydrogens is 346 g/mol. The monoisotopic (exact) mass is 365 g/mol. The fourth-order valence-electron chi connectivity index (χ4n) is 3.42. The SMILES string of the molecule is O=C(COc1ccccc1)Nc1ccc2c(c1)C(=O)N1CCC[C@@H]1C(=O)N2. The summed E-state index contributed by atoms with van der Waals surface area (Å²) >= 11 is 0. The van der Waals surface area contributed by atoms with E-state index in [9.17, 15) is 14.4 Å². The number of amides is 3. The van der Waals surface area contributed by atoms with Crippen molar-refractivity contribution in [1.82, 2.24) is 4.90 Å². The molecule has 27 heavy (non-hydrogen) atoms. The highest BCUT2D eigenvalue weighted by atomic mass is 16.5. The molecule has 0 spiro atoms. The molecule has 3 amide bonds. The summed E-state index contributed by atoms with van der Waals surface area (Å²) < 4.78 is 5.42. The lowest BCUT2D eigenvalue weighted by molar-refractivity contribution is -0.119. The molecule has 2 aliphatic rings. The number of para-hydroxylation sites is 1. The van der Waals surface area contributed by atoms with Gasteiger partial charge >= 0.3 is 0 Å². The molecule has 7 heteroatoms. The zero-order chi connectivity index (χ0) is 18.8. The maximum absolute atomic E-state index is 12.8. The lowest BCUT2D eigenvalue weighted by Gasteiger charge is -2.20. The molecule has 0 saturated carbocycles. The summed E-state index contributed by atoms with van der Waals surface area (Å²) in [7, 11) is 0. The average molecular weight is 365 g/mol. The first kappa shape index (κ1) is 17.1. The molecule has 2 aromatic carbocycles. The van der Waals surface area contributed by atoms with Crippen LogP contribution in [-0.2, 0) is 9.59 Å². The predicted molar refractivity (Wildman–Crippen MR) is 99.7 cm³/mol. The number of ether oxygens (including phenoxy) is 1. The van der Waals surface area contributed by atoms with Crippen molar-refractivity contribution >= 4 is 29.1 Å². The Morgan fingerprint density at radius 2 is 2.00 bits per heavy atom. The minimum atomic E-state index is -0.415. The normalized spacial score (nSPS) is 18.2. The quantitative estimate of drug-likeness (QED) is 0.870. The van der Waals surface area contributed by atoms with Crippen LogP contribution in [0.2, 0.25) is 0 Å². The molecule has 7 nitrogen and oxygen atoms in total. The van der Waals surface area contributed by atoms with E-state index in [1.165, 1.54) is 0 Å². The lowest BCUT2D eigenvalue weighted by Crippen LogP contribution is -2.40. The van der Waals surface area contributed by atoms with Crippen molar-refractivity contribution in [2.24, 2.45) is 0 Å². The van der Waals surface area contributed by atoms with Crippen LogP contribution >= 0.6 is 0 Å². The Morgan fingerprint density at radius 1 is 1.19 bits per heavy atom. The molecule has 138 valence electrons. The number of rotatable bonds is 4. The first-order valence-corrected chi connectivity index (χ1v) is 8.85. The van der Waals surface area contributed by atoms with Gasteiger partial charge < -0.3 is 20.3 Å². The van der Waals surface area contributed by atoms with Crippen molar-refractivity contribution in [3.8, 4) is 5.75 Å². The topological polar surface area (TPSA) is 87.7 Å². The molecule has 4 rings (SSSR count). The fraction of sp³-hybridized carbons (Fsp3) is 0.250. The van der Waals surface area contributed by atoms with E-state index in [0.717, 1.165) is 6.42 Å². The number of fused-ring (bicyclic) bond motifs is 2. The predicted octanol–water partition coefficient (Wildman–Crippen LogP) is 2.26. The van der Waals surface area contributed by atoms with Crippen LogP contribution in [0.5, 0.6) is 5.75 Å². The molecule has 2 aliphatic heterocycles. The molecule has 0 unspecified atom stereocenters. The Morgan fingerprint density at radius 3 is 2.81 bits per heavy atom. The Bertz CT molecular complexity index is 897. The molecule has 1 fully saturated rings. The summed E-state index contributed by atoms with van der Waals surface area (Å²) in [6, 6.07) is 13.5. The van der Waals surface area contributed by atoms with E-state index in [1.807, 2.05) is 18.2 Å². The van der Waals surface area contributed by atoms with Gasteiger partial charge in [-0.3, -0.25) is 14.4 Å². The van der Waals surface area contributed by atoms with Crippen LogP contribution in [-0.4, -0.2) is 41.8 Å². The van der Waals surface area contributed by atoms with Gasteiger partial charge in [-0.2, -0.15) is 0 Å². The minimum absolute atomic E-state index is 0.139. The molecule has 0 aliphatic carbocycles. The fourth-order valence-corrected chi connectivity index (χ4v) is 3.42. The van der Waals surface area contributed by atoms with Crippen LogP contribution in [0.1, 0.15) is 23.2 Å². The van der Waals surface area contributed by atoms with Gasteiger partial charge in [-0.15, -0.1) is 0 Å². The highest BCUT2D eigenvalue weighted by Crippen LogP contribution is 2.30. The number of carbonyl (C=O) groups is 3. The second kappa shape index (κ2) is 7.11. The maximum Gasteiger partial charge on any atom is 0.262 e. The van der Waals surface area contributed by atoms with E-state index in [2.05, 4.69) is 10.6 Å². The number of hydrogen-bond acceptors (Lipinski definition) is 4. The summed E-state index contributed by atoms with van der Waals surface area (Å²) in [6.07, 6.45) is 1.48. The second-order valence-corrected chi connectivity index (χ2v) is 6.56. The highest BCUT2D eigenvalue weighted by molar-refractivity contribution is 6.11. The minimum Gasteiger partial charge on any atom is -0.484 e. The number of anilines is 2. The number of hydrogen-bond donors (Lipinski definition) is 2. The average Bonchev–Trinajstić information content (AvgIpc) is 3.14. The van der Waals surface area contributed by atoms with E-state index in [0.29, 0.717) is 35.7 Å². The first-order chi connectivity index (χ1) is 13.1. The molecule has 0 radical (unpaired) electrons. The van der Waals surface area contributed by atoms with Crippen LogP contribution in [0.4, 0.5) is 11.4 Å². The van der Waals surface area contributed by atoms with Gasteiger partial charge in [-0.25, -0.2) is 0 Å². The summed E-state index contributed by atoms with van der Waals surface area (Å²) in [5.41, 5.74) is 1.34. The third kappa shape index (κ3) is 3.48. The second-order valence-electron chi connectivity index (χ2n) is 6.56. The van der Waals surface area contributed by atoms with Crippen molar-refractivity contribution < 1.29 is 19.1 Å². The number of nitrogens with one attached hydrogen (secondary N) is 2. The molecule has 0 bridgehead atoms. The van der Waals surface area contributed by atoms with Gasteiger partial charge in [0.25, 0.3) is 11.8 Å². The van der Waals surface area contributed by atoms with Gasteiger partial charge in [-0.05, 0) is 43.2 Å². The van der Waals surface area contributed by atoms with E-state index in [4.69, 9.17) is 4.74 Å².